The number of carbonyl (C=O) groups is 1. The number of hydrogen-bond donors (Lipinski definition) is 0. The van der Waals surface area contributed by atoms with Crippen LogP contribution in [-0.2, 0) is 4.79 Å². The van der Waals surface area contributed by atoms with E-state index in [1.165, 1.54) is 0 Å². The van der Waals surface area contributed by atoms with Gasteiger partial charge in [0, 0.05) is 30.7 Å². The molecule has 86 valence electrons. The van der Waals surface area contributed by atoms with Crippen molar-refractivity contribution in [2.24, 2.45) is 0 Å². The molecule has 0 aliphatic carbocycles. The molecule has 1 saturated heterocycles. The van der Waals surface area contributed by atoms with Crippen LogP contribution in [0.15, 0.2) is 24.5 Å². The number of hydrogen-bond acceptors (Lipinski definition) is 2. The normalized spacial score (nSPS) is 20.1. The Morgan fingerprint density at radius 1 is 1.62 bits per heavy atom. The summed E-state index contributed by atoms with van der Waals surface area (Å²) in [5, 5.41) is 0.738. The molecule has 1 aliphatic rings. The molecule has 0 spiro atoms. The van der Waals surface area contributed by atoms with Crippen molar-refractivity contribution in [3.8, 4) is 0 Å². The van der Waals surface area contributed by atoms with Crippen LogP contribution in [-0.4, -0.2) is 27.7 Å². The number of pyridine rings is 1. The van der Waals surface area contributed by atoms with Gasteiger partial charge in [0.1, 0.15) is 0 Å². The Kier molecular flexibility index (Phi) is 3.93. The standard InChI is InChI=1S/C12H15BrN2O/c13-6-5-12(16)15-8-2-4-11(15)10-3-1-7-14-9-10/h1,3,7,9,11H,2,4-6,8H2. The Hall–Kier alpha value is -0.900. The van der Waals surface area contributed by atoms with E-state index in [-0.39, 0.29) is 11.9 Å². The number of carbonyl (C=O) groups excluding carboxylic acids is 1. The minimum Gasteiger partial charge on any atom is -0.336 e. The first-order chi connectivity index (χ1) is 7.83. The second-order valence-corrected chi connectivity index (χ2v) is 4.76. The zero-order valence-corrected chi connectivity index (χ0v) is 10.7. The highest BCUT2D eigenvalue weighted by Gasteiger charge is 2.29. The van der Waals surface area contributed by atoms with Gasteiger partial charge in [-0.15, -0.1) is 0 Å². The molecule has 3 nitrogen and oxygen atoms in total. The highest BCUT2D eigenvalue weighted by Crippen LogP contribution is 2.31. The van der Waals surface area contributed by atoms with E-state index in [1.807, 2.05) is 17.2 Å². The fourth-order valence-electron chi connectivity index (χ4n) is 2.21. The Balaban J connectivity index is 2.12. The van der Waals surface area contributed by atoms with Crippen LogP contribution in [0.5, 0.6) is 0 Å². The lowest BCUT2D eigenvalue weighted by Crippen LogP contribution is -2.30. The Morgan fingerprint density at radius 3 is 3.19 bits per heavy atom. The van der Waals surface area contributed by atoms with Gasteiger partial charge >= 0.3 is 0 Å². The van der Waals surface area contributed by atoms with Crippen LogP contribution < -0.4 is 0 Å². The summed E-state index contributed by atoms with van der Waals surface area (Å²) in [6.07, 6.45) is 6.36. The molecule has 16 heavy (non-hydrogen) atoms. The van der Waals surface area contributed by atoms with Crippen molar-refractivity contribution in [1.82, 2.24) is 9.88 Å². The van der Waals surface area contributed by atoms with E-state index in [4.69, 9.17) is 0 Å². The number of amides is 1. The van der Waals surface area contributed by atoms with E-state index in [1.54, 1.807) is 6.20 Å². The smallest absolute Gasteiger partial charge is 0.223 e. The summed E-state index contributed by atoms with van der Waals surface area (Å²) in [6.45, 7) is 0.880. The second-order valence-electron chi connectivity index (χ2n) is 3.97. The van der Waals surface area contributed by atoms with Gasteiger partial charge in [-0.1, -0.05) is 22.0 Å². The maximum atomic E-state index is 11.9. The van der Waals surface area contributed by atoms with Crippen molar-refractivity contribution >= 4 is 21.8 Å². The molecule has 0 bridgehead atoms. The molecule has 1 fully saturated rings. The van der Waals surface area contributed by atoms with Gasteiger partial charge in [-0.2, -0.15) is 0 Å². The van der Waals surface area contributed by atoms with Gasteiger partial charge in [-0.05, 0) is 24.5 Å². The van der Waals surface area contributed by atoms with Gasteiger partial charge in [-0.3, -0.25) is 9.78 Å². The summed E-state index contributed by atoms with van der Waals surface area (Å²) in [7, 11) is 0. The lowest BCUT2D eigenvalue weighted by Gasteiger charge is -2.24. The van der Waals surface area contributed by atoms with Gasteiger partial charge < -0.3 is 4.90 Å². The molecule has 0 aromatic carbocycles. The highest BCUT2D eigenvalue weighted by molar-refractivity contribution is 9.09. The molecular formula is C12H15BrN2O. The summed E-state index contributed by atoms with van der Waals surface area (Å²) in [6, 6.07) is 4.22. The third kappa shape index (κ3) is 2.43. The number of rotatable bonds is 3. The number of nitrogens with zero attached hydrogens (tertiary/aromatic N) is 2. The van der Waals surface area contributed by atoms with E-state index < -0.39 is 0 Å². The van der Waals surface area contributed by atoms with Gasteiger partial charge in [0.2, 0.25) is 5.91 Å². The summed E-state index contributed by atoms with van der Waals surface area (Å²) in [5.41, 5.74) is 1.16. The quantitative estimate of drug-likeness (QED) is 0.799. The average molecular weight is 283 g/mol. The monoisotopic (exact) mass is 282 g/mol. The van der Waals surface area contributed by atoms with Gasteiger partial charge in [0.25, 0.3) is 0 Å². The largest absolute Gasteiger partial charge is 0.336 e. The Morgan fingerprint density at radius 2 is 2.50 bits per heavy atom. The van der Waals surface area contributed by atoms with Crippen molar-refractivity contribution in [2.45, 2.75) is 25.3 Å². The fourth-order valence-corrected chi connectivity index (χ4v) is 2.55. The first-order valence-corrected chi connectivity index (χ1v) is 6.70. The predicted octanol–water partition coefficient (Wildman–Crippen LogP) is 2.53. The van der Waals surface area contributed by atoms with Crippen molar-refractivity contribution in [3.63, 3.8) is 0 Å². The van der Waals surface area contributed by atoms with Crippen LogP contribution >= 0.6 is 15.9 Å². The van der Waals surface area contributed by atoms with Crippen molar-refractivity contribution in [2.75, 3.05) is 11.9 Å². The molecule has 2 heterocycles. The SMILES string of the molecule is O=C(CCBr)N1CCCC1c1cccnc1. The van der Waals surface area contributed by atoms with Crippen molar-refractivity contribution in [1.29, 1.82) is 0 Å². The molecule has 1 atom stereocenters. The zero-order valence-electron chi connectivity index (χ0n) is 9.10. The molecule has 0 N–H and O–H groups in total. The van der Waals surface area contributed by atoms with E-state index in [0.717, 1.165) is 30.3 Å². The van der Waals surface area contributed by atoms with Crippen molar-refractivity contribution in [3.05, 3.63) is 30.1 Å². The molecule has 1 aromatic rings. The Bertz CT molecular complexity index is 355. The molecule has 1 aliphatic heterocycles. The Labute approximate surface area is 104 Å². The van der Waals surface area contributed by atoms with Crippen LogP contribution in [0.3, 0.4) is 0 Å². The maximum Gasteiger partial charge on any atom is 0.223 e. The first-order valence-electron chi connectivity index (χ1n) is 5.58. The van der Waals surface area contributed by atoms with Crippen LogP contribution in [0.2, 0.25) is 0 Å². The molecule has 1 unspecified atom stereocenters. The van der Waals surface area contributed by atoms with Crippen LogP contribution in [0.4, 0.5) is 0 Å². The van der Waals surface area contributed by atoms with E-state index in [2.05, 4.69) is 27.0 Å². The number of likely N-dealkylation sites (tertiary alicyclic amines) is 1. The third-order valence-electron chi connectivity index (χ3n) is 2.95. The third-order valence-corrected chi connectivity index (χ3v) is 3.35. The van der Waals surface area contributed by atoms with Crippen LogP contribution in [0.25, 0.3) is 0 Å². The van der Waals surface area contributed by atoms with Crippen LogP contribution in [0.1, 0.15) is 30.9 Å². The maximum absolute atomic E-state index is 11.9. The molecule has 2 rings (SSSR count). The summed E-state index contributed by atoms with van der Waals surface area (Å²) in [4.78, 5) is 18.0. The number of alkyl halides is 1. The molecule has 1 aromatic heterocycles. The molecular weight excluding hydrogens is 268 g/mol. The molecule has 0 saturated carbocycles. The fraction of sp³-hybridized carbons (Fsp3) is 0.500. The van der Waals surface area contributed by atoms with Crippen molar-refractivity contribution < 1.29 is 4.79 Å². The van der Waals surface area contributed by atoms with Gasteiger partial charge in [0.15, 0.2) is 0 Å². The van der Waals surface area contributed by atoms with Gasteiger partial charge in [0.05, 0.1) is 6.04 Å². The van der Waals surface area contributed by atoms with E-state index >= 15 is 0 Å². The topological polar surface area (TPSA) is 33.2 Å². The molecule has 4 heteroatoms. The zero-order chi connectivity index (χ0) is 11.4. The minimum absolute atomic E-state index is 0.236. The summed E-state index contributed by atoms with van der Waals surface area (Å²) >= 11 is 3.31. The van der Waals surface area contributed by atoms with Gasteiger partial charge in [-0.25, -0.2) is 0 Å². The highest BCUT2D eigenvalue weighted by atomic mass is 79.9. The molecule has 0 radical (unpaired) electrons. The first kappa shape index (κ1) is 11.6. The predicted molar refractivity (Wildman–Crippen MR) is 66.3 cm³/mol. The molecule has 1 amide bonds. The number of aromatic nitrogens is 1. The second kappa shape index (κ2) is 5.43. The number of halogens is 1. The lowest BCUT2D eigenvalue weighted by atomic mass is 10.1. The van der Waals surface area contributed by atoms with E-state index in [9.17, 15) is 4.79 Å². The van der Waals surface area contributed by atoms with Crippen LogP contribution in [0, 0.1) is 0 Å². The summed E-state index contributed by atoms with van der Waals surface area (Å²) in [5.74, 6) is 0.239. The minimum atomic E-state index is 0.236. The van der Waals surface area contributed by atoms with E-state index in [0.29, 0.717) is 6.42 Å². The summed E-state index contributed by atoms with van der Waals surface area (Å²) < 4.78 is 0. The average Bonchev–Trinajstić information content (AvgIpc) is 2.79. The lowest BCUT2D eigenvalue weighted by molar-refractivity contribution is -0.131.